The zero-order valence-electron chi connectivity index (χ0n) is 19.5. The van der Waals surface area contributed by atoms with Gasteiger partial charge in [0.25, 0.3) is 0 Å². The first-order valence-electron chi connectivity index (χ1n) is 11.4. The molecule has 7 nitrogen and oxygen atoms in total. The predicted molar refractivity (Wildman–Crippen MR) is 123 cm³/mol. The summed E-state index contributed by atoms with van der Waals surface area (Å²) in [4.78, 5) is 29.8. The molecule has 3 atom stereocenters. The molecule has 1 aromatic rings. The lowest BCUT2D eigenvalue weighted by Gasteiger charge is -2.31. The molecular formula is C23H39N3O4S. The molecule has 3 N–H and O–H groups in total. The molecule has 0 spiro atoms. The van der Waals surface area contributed by atoms with E-state index < -0.39 is 29.9 Å². The highest BCUT2D eigenvalue weighted by Crippen LogP contribution is 2.31. The van der Waals surface area contributed by atoms with Gasteiger partial charge in [0.1, 0.15) is 22.8 Å². The van der Waals surface area contributed by atoms with Gasteiger partial charge in [-0.3, -0.25) is 4.79 Å². The van der Waals surface area contributed by atoms with Gasteiger partial charge in [-0.25, -0.2) is 9.78 Å². The Bertz CT molecular complexity index is 681. The van der Waals surface area contributed by atoms with Gasteiger partial charge in [0.05, 0.1) is 6.04 Å². The fraction of sp³-hybridized carbons (Fsp3) is 0.783. The standard InChI is InChI=1S/C23H39N3O4S/c1-15(2)13-18(26-22(29)30-23(3,4)5)20(28)25-17(14-16-9-7-6-8-10-16)19(27)21-24-11-12-31-21/h11-12,15-19,27H,6-10,13-14H2,1-5H3,(H,25,28)(H,26,29)/t17-,18-,19+/m0/s1. The van der Waals surface area contributed by atoms with Crippen molar-refractivity contribution >= 4 is 23.3 Å². The molecule has 0 saturated heterocycles. The Labute approximate surface area is 190 Å². The highest BCUT2D eigenvalue weighted by molar-refractivity contribution is 7.09. The van der Waals surface area contributed by atoms with Gasteiger partial charge in [0.2, 0.25) is 5.91 Å². The third kappa shape index (κ3) is 9.15. The van der Waals surface area contributed by atoms with E-state index in [9.17, 15) is 14.7 Å². The zero-order valence-corrected chi connectivity index (χ0v) is 20.3. The Morgan fingerprint density at radius 1 is 1.23 bits per heavy atom. The number of aromatic nitrogens is 1. The SMILES string of the molecule is CC(C)C[C@H](NC(=O)OC(C)(C)C)C(=O)N[C@@H](CC1CCCCC1)[C@@H](O)c1nccs1. The van der Waals surface area contributed by atoms with Crippen LogP contribution < -0.4 is 10.6 Å². The normalized spacial score (nSPS) is 18.3. The molecule has 1 heterocycles. The molecule has 0 radical (unpaired) electrons. The summed E-state index contributed by atoms with van der Waals surface area (Å²) in [6.45, 7) is 9.36. The summed E-state index contributed by atoms with van der Waals surface area (Å²) in [6, 6.07) is -1.18. The summed E-state index contributed by atoms with van der Waals surface area (Å²) < 4.78 is 5.35. The number of rotatable bonds is 9. The number of thiazole rings is 1. The van der Waals surface area contributed by atoms with Crippen LogP contribution in [0.2, 0.25) is 0 Å². The number of aliphatic hydroxyl groups excluding tert-OH is 1. The number of carbonyl (C=O) groups excluding carboxylic acids is 2. The molecule has 1 aliphatic rings. The second kappa shape index (κ2) is 11.8. The van der Waals surface area contributed by atoms with Crippen LogP contribution in [0, 0.1) is 11.8 Å². The maximum atomic E-state index is 13.2. The Balaban J connectivity index is 2.11. The Morgan fingerprint density at radius 3 is 2.45 bits per heavy atom. The van der Waals surface area contributed by atoms with Gasteiger partial charge in [-0.15, -0.1) is 11.3 Å². The molecule has 0 aromatic carbocycles. The monoisotopic (exact) mass is 453 g/mol. The van der Waals surface area contributed by atoms with Crippen molar-refractivity contribution in [2.45, 2.75) is 103 Å². The number of alkyl carbamates (subject to hydrolysis) is 1. The second-order valence-electron chi connectivity index (χ2n) is 10.00. The third-order valence-electron chi connectivity index (χ3n) is 5.44. The second-order valence-corrected chi connectivity index (χ2v) is 10.9. The molecule has 0 bridgehead atoms. The number of amides is 2. The molecule has 0 unspecified atom stereocenters. The minimum Gasteiger partial charge on any atom is -0.444 e. The molecule has 1 fully saturated rings. The van der Waals surface area contributed by atoms with Gasteiger partial charge in [-0.05, 0) is 45.4 Å². The molecule has 1 aliphatic carbocycles. The van der Waals surface area contributed by atoms with Crippen molar-refractivity contribution in [1.82, 2.24) is 15.6 Å². The number of nitrogens with zero attached hydrogens (tertiary/aromatic N) is 1. The largest absolute Gasteiger partial charge is 0.444 e. The number of hydrogen-bond acceptors (Lipinski definition) is 6. The fourth-order valence-electron chi connectivity index (χ4n) is 4.04. The number of carbonyl (C=O) groups is 2. The van der Waals surface area contributed by atoms with Crippen molar-refractivity contribution in [3.63, 3.8) is 0 Å². The van der Waals surface area contributed by atoms with Crippen LogP contribution >= 0.6 is 11.3 Å². The van der Waals surface area contributed by atoms with E-state index in [4.69, 9.17) is 4.74 Å². The van der Waals surface area contributed by atoms with E-state index in [2.05, 4.69) is 15.6 Å². The highest BCUT2D eigenvalue weighted by Gasteiger charge is 2.32. The van der Waals surface area contributed by atoms with Crippen molar-refractivity contribution in [1.29, 1.82) is 0 Å². The van der Waals surface area contributed by atoms with Gasteiger partial charge in [0, 0.05) is 11.6 Å². The maximum absolute atomic E-state index is 13.2. The summed E-state index contributed by atoms with van der Waals surface area (Å²) in [6.07, 6.45) is 7.22. The molecular weight excluding hydrogens is 414 g/mol. The lowest BCUT2D eigenvalue weighted by molar-refractivity contribution is -0.125. The van der Waals surface area contributed by atoms with Crippen molar-refractivity contribution < 1.29 is 19.4 Å². The summed E-state index contributed by atoms with van der Waals surface area (Å²) in [5, 5.41) is 19.1. The van der Waals surface area contributed by atoms with E-state index in [0.717, 1.165) is 12.8 Å². The van der Waals surface area contributed by atoms with Crippen molar-refractivity contribution in [3.05, 3.63) is 16.6 Å². The first kappa shape index (κ1) is 25.6. The number of hydrogen-bond donors (Lipinski definition) is 3. The minimum absolute atomic E-state index is 0.200. The topological polar surface area (TPSA) is 101 Å². The van der Waals surface area contributed by atoms with E-state index in [1.165, 1.54) is 30.6 Å². The minimum atomic E-state index is -0.868. The van der Waals surface area contributed by atoms with Gasteiger partial charge < -0.3 is 20.5 Å². The lowest BCUT2D eigenvalue weighted by Crippen LogP contribution is -2.52. The first-order chi connectivity index (χ1) is 14.5. The van der Waals surface area contributed by atoms with E-state index in [0.29, 0.717) is 23.8 Å². The molecule has 8 heteroatoms. The van der Waals surface area contributed by atoms with Crippen molar-refractivity contribution in [3.8, 4) is 0 Å². The molecule has 1 saturated carbocycles. The van der Waals surface area contributed by atoms with E-state index in [1.54, 1.807) is 27.0 Å². The van der Waals surface area contributed by atoms with Crippen LogP contribution in [0.3, 0.4) is 0 Å². The Hall–Kier alpha value is -1.67. The first-order valence-corrected chi connectivity index (χ1v) is 12.3. The average Bonchev–Trinajstić information content (AvgIpc) is 3.20. The quantitative estimate of drug-likeness (QED) is 0.508. The molecule has 176 valence electrons. The van der Waals surface area contributed by atoms with E-state index >= 15 is 0 Å². The summed E-state index contributed by atoms with van der Waals surface area (Å²) in [7, 11) is 0. The van der Waals surface area contributed by atoms with Crippen LogP contribution in [0.1, 0.15) is 90.7 Å². The Kier molecular flexibility index (Phi) is 9.75. The van der Waals surface area contributed by atoms with Crippen LogP contribution in [-0.2, 0) is 9.53 Å². The van der Waals surface area contributed by atoms with Gasteiger partial charge in [0.15, 0.2) is 0 Å². The predicted octanol–water partition coefficient (Wildman–Crippen LogP) is 4.57. The Morgan fingerprint density at radius 2 is 1.90 bits per heavy atom. The fourth-order valence-corrected chi connectivity index (χ4v) is 4.72. The lowest BCUT2D eigenvalue weighted by atomic mass is 9.83. The summed E-state index contributed by atoms with van der Waals surface area (Å²) in [5.41, 5.74) is -0.645. The smallest absolute Gasteiger partial charge is 0.408 e. The maximum Gasteiger partial charge on any atom is 0.408 e. The van der Waals surface area contributed by atoms with Gasteiger partial charge >= 0.3 is 6.09 Å². The van der Waals surface area contributed by atoms with Gasteiger partial charge in [-0.1, -0.05) is 46.0 Å². The molecule has 2 rings (SSSR count). The van der Waals surface area contributed by atoms with Crippen LogP contribution in [-0.4, -0.2) is 39.8 Å². The van der Waals surface area contributed by atoms with Crippen LogP contribution in [0.4, 0.5) is 4.79 Å². The van der Waals surface area contributed by atoms with Crippen LogP contribution in [0.25, 0.3) is 0 Å². The third-order valence-corrected chi connectivity index (χ3v) is 6.29. The van der Waals surface area contributed by atoms with Gasteiger partial charge in [-0.2, -0.15) is 0 Å². The average molecular weight is 454 g/mol. The summed E-state index contributed by atoms with van der Waals surface area (Å²) >= 11 is 1.38. The van der Waals surface area contributed by atoms with Crippen molar-refractivity contribution in [2.24, 2.45) is 11.8 Å². The number of aliphatic hydroxyl groups is 1. The molecule has 2 amide bonds. The van der Waals surface area contributed by atoms with E-state index in [1.807, 2.05) is 19.2 Å². The van der Waals surface area contributed by atoms with Crippen LogP contribution in [0.5, 0.6) is 0 Å². The van der Waals surface area contributed by atoms with Crippen LogP contribution in [0.15, 0.2) is 11.6 Å². The zero-order chi connectivity index (χ0) is 23.0. The highest BCUT2D eigenvalue weighted by atomic mass is 32.1. The van der Waals surface area contributed by atoms with Crippen molar-refractivity contribution in [2.75, 3.05) is 0 Å². The summed E-state index contributed by atoms with van der Waals surface area (Å²) in [5.74, 6) is 0.373. The van der Waals surface area contributed by atoms with E-state index in [-0.39, 0.29) is 11.8 Å². The molecule has 0 aliphatic heterocycles. The number of nitrogens with one attached hydrogen (secondary N) is 2. The number of ether oxygens (including phenoxy) is 1. The molecule has 31 heavy (non-hydrogen) atoms. The molecule has 1 aromatic heterocycles.